The molecule has 0 bridgehead atoms. The number of likely N-dealkylation sites (tertiary alicyclic amines) is 2. The summed E-state index contributed by atoms with van der Waals surface area (Å²) >= 11 is 0. The van der Waals surface area contributed by atoms with Crippen molar-refractivity contribution in [3.05, 3.63) is 59.9 Å². The minimum Gasteiger partial charge on any atom is -0.497 e. The molecule has 2 aromatic rings. The predicted molar refractivity (Wildman–Crippen MR) is 119 cm³/mol. The Kier molecular flexibility index (Phi) is 6.85. The van der Waals surface area contributed by atoms with Crippen LogP contribution in [0.15, 0.2) is 48.8 Å². The van der Waals surface area contributed by atoms with E-state index in [1.165, 1.54) is 11.1 Å². The van der Waals surface area contributed by atoms with E-state index in [2.05, 4.69) is 17.1 Å². The number of rotatable bonds is 6. The van der Waals surface area contributed by atoms with Crippen LogP contribution in [0.3, 0.4) is 0 Å². The number of amides is 2. The predicted octanol–water partition coefficient (Wildman–Crippen LogP) is 3.28. The number of carbonyl (C=O) groups excluding carboxylic acids is 2. The summed E-state index contributed by atoms with van der Waals surface area (Å²) in [5, 5.41) is 0. The zero-order chi connectivity index (χ0) is 21.6. The molecular weight excluding hydrogens is 390 g/mol. The third kappa shape index (κ3) is 5.24. The molecule has 0 saturated carbocycles. The highest BCUT2D eigenvalue weighted by Gasteiger charge is 2.34. The van der Waals surface area contributed by atoms with Gasteiger partial charge in [-0.15, -0.1) is 0 Å². The number of hydrogen-bond acceptors (Lipinski definition) is 4. The largest absolute Gasteiger partial charge is 0.497 e. The molecule has 2 saturated heterocycles. The van der Waals surface area contributed by atoms with E-state index < -0.39 is 0 Å². The Balaban J connectivity index is 1.29. The number of ether oxygens (including phenoxy) is 1. The summed E-state index contributed by atoms with van der Waals surface area (Å²) in [6.45, 7) is 2.78. The van der Waals surface area contributed by atoms with E-state index in [1.807, 2.05) is 46.5 Å². The molecule has 2 amide bonds. The van der Waals surface area contributed by atoms with Crippen molar-refractivity contribution in [2.24, 2.45) is 5.92 Å². The maximum atomic E-state index is 13.2. The Bertz CT molecular complexity index is 877. The van der Waals surface area contributed by atoms with Gasteiger partial charge in [0.05, 0.1) is 13.0 Å². The lowest BCUT2D eigenvalue weighted by atomic mass is 9.88. The van der Waals surface area contributed by atoms with Crippen molar-refractivity contribution >= 4 is 11.8 Å². The van der Waals surface area contributed by atoms with Crippen LogP contribution in [0.4, 0.5) is 0 Å². The van der Waals surface area contributed by atoms with E-state index in [0.717, 1.165) is 38.1 Å². The minimum atomic E-state index is -0.0777. The molecule has 1 atom stereocenters. The molecule has 4 rings (SSSR count). The van der Waals surface area contributed by atoms with Gasteiger partial charge in [0, 0.05) is 45.0 Å². The van der Waals surface area contributed by atoms with E-state index in [1.54, 1.807) is 7.11 Å². The van der Waals surface area contributed by atoms with Crippen molar-refractivity contribution in [1.29, 1.82) is 0 Å². The summed E-state index contributed by atoms with van der Waals surface area (Å²) in [4.78, 5) is 33.6. The van der Waals surface area contributed by atoms with E-state index in [4.69, 9.17) is 4.74 Å². The molecule has 3 heterocycles. The number of carbonyl (C=O) groups is 2. The van der Waals surface area contributed by atoms with Crippen molar-refractivity contribution in [3.8, 4) is 5.75 Å². The normalized spacial score (nSPS) is 20.0. The van der Waals surface area contributed by atoms with E-state index in [9.17, 15) is 9.59 Å². The van der Waals surface area contributed by atoms with Gasteiger partial charge in [-0.1, -0.05) is 12.1 Å². The number of hydrogen-bond donors (Lipinski definition) is 0. The maximum absolute atomic E-state index is 13.2. The van der Waals surface area contributed by atoms with Gasteiger partial charge in [0.25, 0.3) is 0 Å². The Labute approximate surface area is 184 Å². The lowest BCUT2D eigenvalue weighted by molar-refractivity contribution is -0.143. The molecule has 6 nitrogen and oxygen atoms in total. The van der Waals surface area contributed by atoms with Crippen LogP contribution in [-0.2, 0) is 16.0 Å². The molecule has 1 aromatic heterocycles. The van der Waals surface area contributed by atoms with E-state index in [0.29, 0.717) is 31.8 Å². The molecule has 0 spiro atoms. The van der Waals surface area contributed by atoms with Gasteiger partial charge in [-0.05, 0) is 67.0 Å². The van der Waals surface area contributed by atoms with Gasteiger partial charge in [0.1, 0.15) is 5.75 Å². The lowest BCUT2D eigenvalue weighted by Crippen LogP contribution is -2.49. The van der Waals surface area contributed by atoms with Crippen LogP contribution in [0, 0.1) is 5.92 Å². The first-order valence-electron chi connectivity index (χ1n) is 11.2. The Morgan fingerprint density at radius 2 is 1.77 bits per heavy atom. The smallest absolute Gasteiger partial charge is 0.227 e. The molecule has 2 aliphatic heterocycles. The molecule has 2 aliphatic rings. The van der Waals surface area contributed by atoms with Crippen LogP contribution >= 0.6 is 0 Å². The van der Waals surface area contributed by atoms with Gasteiger partial charge in [0.15, 0.2) is 0 Å². The highest BCUT2D eigenvalue weighted by Crippen LogP contribution is 2.29. The van der Waals surface area contributed by atoms with Gasteiger partial charge < -0.3 is 14.5 Å². The SMILES string of the molecule is COc1ccc(CCN2CC(C(=O)N3CCC(c4ccncc4)CC3)CCC2=O)cc1. The maximum Gasteiger partial charge on any atom is 0.227 e. The second-order valence-electron chi connectivity index (χ2n) is 8.55. The monoisotopic (exact) mass is 421 g/mol. The summed E-state index contributed by atoms with van der Waals surface area (Å²) in [5.74, 6) is 1.63. The molecule has 1 aromatic carbocycles. The highest BCUT2D eigenvalue weighted by atomic mass is 16.5. The molecule has 0 N–H and O–H groups in total. The molecule has 31 heavy (non-hydrogen) atoms. The number of piperidine rings is 2. The van der Waals surface area contributed by atoms with E-state index in [-0.39, 0.29) is 17.7 Å². The fourth-order valence-corrected chi connectivity index (χ4v) is 4.72. The van der Waals surface area contributed by atoms with Gasteiger partial charge in [-0.25, -0.2) is 0 Å². The number of methoxy groups -OCH3 is 1. The first-order valence-corrected chi connectivity index (χ1v) is 11.2. The quantitative estimate of drug-likeness (QED) is 0.718. The van der Waals surface area contributed by atoms with Gasteiger partial charge >= 0.3 is 0 Å². The summed E-state index contributed by atoms with van der Waals surface area (Å²) in [7, 11) is 1.65. The van der Waals surface area contributed by atoms with Crippen molar-refractivity contribution in [2.75, 3.05) is 33.3 Å². The lowest BCUT2D eigenvalue weighted by Gasteiger charge is -2.38. The first-order chi connectivity index (χ1) is 15.1. The van der Waals surface area contributed by atoms with Gasteiger partial charge in [0.2, 0.25) is 11.8 Å². The number of pyridine rings is 1. The molecule has 1 unspecified atom stereocenters. The van der Waals surface area contributed by atoms with Crippen LogP contribution in [0.1, 0.15) is 42.7 Å². The number of nitrogens with zero attached hydrogens (tertiary/aromatic N) is 3. The minimum absolute atomic E-state index is 0.0777. The fourth-order valence-electron chi connectivity index (χ4n) is 4.72. The van der Waals surface area contributed by atoms with Gasteiger partial charge in [-0.2, -0.15) is 0 Å². The summed E-state index contributed by atoms with van der Waals surface area (Å²) in [5.41, 5.74) is 2.48. The Morgan fingerprint density at radius 1 is 1.06 bits per heavy atom. The number of aromatic nitrogens is 1. The zero-order valence-electron chi connectivity index (χ0n) is 18.2. The third-order valence-corrected chi connectivity index (χ3v) is 6.66. The Morgan fingerprint density at radius 3 is 2.45 bits per heavy atom. The summed E-state index contributed by atoms with van der Waals surface area (Å²) in [6.07, 6.45) is 7.57. The fraction of sp³-hybridized carbons (Fsp3) is 0.480. The molecule has 164 valence electrons. The second-order valence-corrected chi connectivity index (χ2v) is 8.55. The second kappa shape index (κ2) is 9.94. The number of benzene rings is 1. The topological polar surface area (TPSA) is 62.7 Å². The molecular formula is C25H31N3O3. The highest BCUT2D eigenvalue weighted by molar-refractivity contribution is 5.84. The van der Waals surface area contributed by atoms with Crippen molar-refractivity contribution in [2.45, 2.75) is 38.0 Å². The van der Waals surface area contributed by atoms with Crippen LogP contribution in [0.2, 0.25) is 0 Å². The third-order valence-electron chi connectivity index (χ3n) is 6.66. The van der Waals surface area contributed by atoms with Crippen molar-refractivity contribution in [1.82, 2.24) is 14.8 Å². The average Bonchev–Trinajstić information content (AvgIpc) is 2.84. The van der Waals surface area contributed by atoms with Crippen LogP contribution < -0.4 is 4.74 Å². The first kappa shape index (κ1) is 21.3. The van der Waals surface area contributed by atoms with Crippen molar-refractivity contribution < 1.29 is 14.3 Å². The van der Waals surface area contributed by atoms with Gasteiger partial charge in [-0.3, -0.25) is 14.6 Å². The van der Waals surface area contributed by atoms with Crippen LogP contribution in [0.25, 0.3) is 0 Å². The summed E-state index contributed by atoms with van der Waals surface area (Å²) in [6, 6.07) is 12.1. The molecule has 6 heteroatoms. The zero-order valence-corrected chi connectivity index (χ0v) is 18.2. The van der Waals surface area contributed by atoms with Crippen LogP contribution in [0.5, 0.6) is 5.75 Å². The standard InChI is InChI=1S/C25H31N3O3/c1-31-23-5-2-19(3-6-23)10-15-28-18-22(4-7-24(28)29)25(30)27-16-11-21(12-17-27)20-8-13-26-14-9-20/h2-3,5-6,8-9,13-14,21-22H,4,7,10-12,15-18H2,1H3. The molecule has 2 fully saturated rings. The average molecular weight is 422 g/mol. The Hall–Kier alpha value is -2.89. The summed E-state index contributed by atoms with van der Waals surface area (Å²) < 4.78 is 5.20. The van der Waals surface area contributed by atoms with Crippen molar-refractivity contribution in [3.63, 3.8) is 0 Å². The molecule has 0 radical (unpaired) electrons. The molecule has 0 aliphatic carbocycles. The van der Waals surface area contributed by atoms with E-state index >= 15 is 0 Å². The van der Waals surface area contributed by atoms with Crippen LogP contribution in [-0.4, -0.2) is 59.9 Å².